The molecule has 0 nitrogen and oxygen atoms in total. The molecule has 16 heavy (non-hydrogen) atoms. The standard InChI is InChI=1S/C14H23Si.Li/c1-5-8-13-9-6-10-14(13)11-7-12-15(2,3)4;/h5,11,13-14H,1,6,8-10H2,2-4H3;/q-1;+1/t13-,14+;/m0./s1. The first-order valence-electron chi connectivity index (χ1n) is 6.00. The van der Waals surface area contributed by atoms with Crippen molar-refractivity contribution in [2.45, 2.75) is 45.3 Å². The molecule has 0 unspecified atom stereocenters. The fourth-order valence-corrected chi connectivity index (χ4v) is 2.67. The molecule has 0 radical (unpaired) electrons. The smallest absolute Gasteiger partial charge is 0.337 e. The van der Waals surface area contributed by atoms with Crippen molar-refractivity contribution in [1.29, 1.82) is 0 Å². The number of hydrogen-bond acceptors (Lipinski definition) is 0. The molecule has 0 saturated heterocycles. The van der Waals surface area contributed by atoms with Crippen LogP contribution in [0.5, 0.6) is 0 Å². The van der Waals surface area contributed by atoms with E-state index >= 15 is 0 Å². The number of allylic oxidation sites excluding steroid dienone is 2. The van der Waals surface area contributed by atoms with Crippen molar-refractivity contribution >= 4 is 8.07 Å². The summed E-state index contributed by atoms with van der Waals surface area (Å²) in [4.78, 5) is 0. The summed E-state index contributed by atoms with van der Waals surface area (Å²) in [5, 5.41) is 0. The average Bonchev–Trinajstić information content (AvgIpc) is 2.51. The Morgan fingerprint density at radius 3 is 2.62 bits per heavy atom. The second-order valence-electron chi connectivity index (χ2n) is 5.57. The van der Waals surface area contributed by atoms with Crippen molar-refractivity contribution in [2.24, 2.45) is 11.8 Å². The van der Waals surface area contributed by atoms with E-state index < -0.39 is 8.07 Å². The van der Waals surface area contributed by atoms with Gasteiger partial charge in [0, 0.05) is 0 Å². The summed E-state index contributed by atoms with van der Waals surface area (Å²) in [6.45, 7) is 10.7. The molecule has 1 aliphatic rings. The van der Waals surface area contributed by atoms with Crippen LogP contribution in [0.1, 0.15) is 25.7 Å². The van der Waals surface area contributed by atoms with Crippen LogP contribution in [0.25, 0.3) is 0 Å². The number of rotatable bonds is 4. The molecule has 1 fully saturated rings. The van der Waals surface area contributed by atoms with Gasteiger partial charge in [-0.2, -0.15) is 6.08 Å². The van der Waals surface area contributed by atoms with Gasteiger partial charge in [0.1, 0.15) is 0 Å². The molecule has 0 aromatic heterocycles. The maximum absolute atomic E-state index is 3.84. The molecular formula is C14H23LiSi. The van der Waals surface area contributed by atoms with Gasteiger partial charge in [-0.15, -0.1) is 6.58 Å². The van der Waals surface area contributed by atoms with Crippen molar-refractivity contribution in [3.8, 4) is 0 Å². The van der Waals surface area contributed by atoms with E-state index in [9.17, 15) is 0 Å². The molecule has 0 aliphatic heterocycles. The van der Waals surface area contributed by atoms with Crippen molar-refractivity contribution in [3.63, 3.8) is 0 Å². The Kier molecular flexibility index (Phi) is 7.44. The molecular weight excluding hydrogens is 203 g/mol. The normalized spacial score (nSPS) is 24.2. The largest absolute Gasteiger partial charge is 1.00 e. The van der Waals surface area contributed by atoms with Gasteiger partial charge in [0.05, 0.1) is 0 Å². The Hall–Kier alpha value is 0.0743. The van der Waals surface area contributed by atoms with Crippen LogP contribution in [0.2, 0.25) is 19.6 Å². The van der Waals surface area contributed by atoms with Gasteiger partial charge in [0.2, 0.25) is 0 Å². The van der Waals surface area contributed by atoms with Crippen molar-refractivity contribution in [3.05, 3.63) is 30.2 Å². The summed E-state index contributed by atoms with van der Waals surface area (Å²) >= 11 is 0. The zero-order chi connectivity index (χ0) is 11.3. The molecule has 0 bridgehead atoms. The van der Waals surface area contributed by atoms with E-state index in [1.807, 2.05) is 0 Å². The zero-order valence-electron chi connectivity index (χ0n) is 11.3. The fraction of sp³-hybridized carbons (Fsp3) is 0.643. The van der Waals surface area contributed by atoms with Gasteiger partial charge in [-0.25, -0.2) is 5.70 Å². The van der Waals surface area contributed by atoms with Crippen molar-refractivity contribution in [2.75, 3.05) is 0 Å². The van der Waals surface area contributed by atoms with E-state index in [1.54, 1.807) is 0 Å². The molecule has 0 aromatic carbocycles. The predicted molar refractivity (Wildman–Crippen MR) is 70.3 cm³/mol. The Bertz CT molecular complexity index is 269. The Morgan fingerprint density at radius 2 is 2.06 bits per heavy atom. The first-order chi connectivity index (χ1) is 7.03. The van der Waals surface area contributed by atoms with Crippen LogP contribution in [0.4, 0.5) is 0 Å². The molecule has 2 atom stereocenters. The van der Waals surface area contributed by atoms with E-state index in [2.05, 4.69) is 49.8 Å². The van der Waals surface area contributed by atoms with Crippen LogP contribution >= 0.6 is 0 Å². The van der Waals surface area contributed by atoms with Crippen LogP contribution in [0.15, 0.2) is 24.5 Å². The third-order valence-electron chi connectivity index (χ3n) is 2.93. The monoisotopic (exact) mass is 226 g/mol. The Morgan fingerprint density at radius 1 is 1.38 bits per heavy atom. The maximum atomic E-state index is 3.84. The van der Waals surface area contributed by atoms with Gasteiger partial charge in [-0.05, 0) is 20.4 Å². The summed E-state index contributed by atoms with van der Waals surface area (Å²) in [5.74, 6) is 1.55. The topological polar surface area (TPSA) is 0 Å². The molecule has 0 aromatic rings. The predicted octanol–water partition coefficient (Wildman–Crippen LogP) is 1.37. The van der Waals surface area contributed by atoms with Gasteiger partial charge in [0.25, 0.3) is 0 Å². The van der Waals surface area contributed by atoms with Crippen LogP contribution in [0.3, 0.4) is 0 Å². The minimum absolute atomic E-state index is 0. The molecule has 0 heterocycles. The Labute approximate surface area is 114 Å². The second-order valence-corrected chi connectivity index (χ2v) is 10.3. The minimum Gasteiger partial charge on any atom is -0.337 e. The molecule has 1 rings (SSSR count). The quantitative estimate of drug-likeness (QED) is 0.294. The Balaban J connectivity index is 0.00000225. The molecule has 1 saturated carbocycles. The van der Waals surface area contributed by atoms with Crippen LogP contribution in [0, 0.1) is 17.5 Å². The molecule has 1 aliphatic carbocycles. The molecule has 2 heteroatoms. The summed E-state index contributed by atoms with van der Waals surface area (Å²) in [6, 6.07) is 0. The first kappa shape index (κ1) is 16.1. The van der Waals surface area contributed by atoms with Crippen LogP contribution < -0.4 is 18.9 Å². The van der Waals surface area contributed by atoms with Gasteiger partial charge in [-0.3, -0.25) is 0 Å². The van der Waals surface area contributed by atoms with Crippen molar-refractivity contribution in [1.82, 2.24) is 0 Å². The molecule has 84 valence electrons. The molecule has 0 N–H and O–H groups in total. The van der Waals surface area contributed by atoms with E-state index in [4.69, 9.17) is 0 Å². The van der Waals surface area contributed by atoms with Gasteiger partial charge in [0.15, 0.2) is 0 Å². The second kappa shape index (κ2) is 7.41. The SMILES string of the molecule is C=CC[C@H]1CCC[C@@H]1C=C=[C-][Si](C)(C)C.[Li+]. The maximum Gasteiger partial charge on any atom is 1.00 e. The van der Waals surface area contributed by atoms with Crippen LogP contribution in [-0.4, -0.2) is 8.07 Å². The van der Waals surface area contributed by atoms with E-state index in [0.717, 1.165) is 18.3 Å². The third kappa shape index (κ3) is 5.97. The summed E-state index contributed by atoms with van der Waals surface area (Å²) in [6.07, 6.45) is 9.55. The number of hydrogen-bond donors (Lipinski definition) is 0. The van der Waals surface area contributed by atoms with Gasteiger partial charge < -0.3 is 5.73 Å². The molecule has 0 spiro atoms. The average molecular weight is 226 g/mol. The van der Waals surface area contributed by atoms with E-state index in [-0.39, 0.29) is 18.9 Å². The summed E-state index contributed by atoms with van der Waals surface area (Å²) < 4.78 is 0. The molecule has 0 amide bonds. The van der Waals surface area contributed by atoms with Gasteiger partial charge >= 0.3 is 18.9 Å². The fourth-order valence-electron chi connectivity index (χ4n) is 2.16. The van der Waals surface area contributed by atoms with Crippen LogP contribution in [-0.2, 0) is 0 Å². The van der Waals surface area contributed by atoms with E-state index in [0.29, 0.717) is 0 Å². The van der Waals surface area contributed by atoms with E-state index in [1.165, 1.54) is 19.3 Å². The minimum atomic E-state index is -1.18. The summed E-state index contributed by atoms with van der Waals surface area (Å²) in [7, 11) is -1.18. The summed E-state index contributed by atoms with van der Waals surface area (Å²) in [5.41, 5.74) is 6.73. The van der Waals surface area contributed by atoms with Crippen molar-refractivity contribution < 1.29 is 18.9 Å². The zero-order valence-corrected chi connectivity index (χ0v) is 12.3. The van der Waals surface area contributed by atoms with Gasteiger partial charge in [-0.1, -0.05) is 50.9 Å². The first-order valence-corrected chi connectivity index (χ1v) is 9.50. The third-order valence-corrected chi connectivity index (χ3v) is 3.83.